The first kappa shape index (κ1) is 15.6. The second kappa shape index (κ2) is 6.76. The van der Waals surface area contributed by atoms with E-state index < -0.39 is 28.9 Å². The van der Waals surface area contributed by atoms with Gasteiger partial charge in [-0.15, -0.1) is 0 Å². The SMILES string of the molecule is O=C(Nc1ccc(CCBr)cc1)c1c(F)cc(F)cc1F. The van der Waals surface area contributed by atoms with E-state index in [0.29, 0.717) is 17.8 Å². The molecule has 0 bridgehead atoms. The minimum Gasteiger partial charge on any atom is -0.322 e. The van der Waals surface area contributed by atoms with E-state index in [1.165, 1.54) is 0 Å². The molecule has 2 aromatic rings. The zero-order valence-corrected chi connectivity index (χ0v) is 12.4. The van der Waals surface area contributed by atoms with Gasteiger partial charge in [-0.25, -0.2) is 13.2 Å². The molecular weight excluding hydrogens is 347 g/mol. The standard InChI is InChI=1S/C15H11BrF3NO/c16-6-5-9-1-3-11(4-2-9)20-15(21)14-12(18)7-10(17)8-13(14)19/h1-4,7-8H,5-6H2,(H,20,21). The molecule has 0 spiro atoms. The average molecular weight is 358 g/mol. The third-order valence-corrected chi connectivity index (χ3v) is 3.23. The van der Waals surface area contributed by atoms with Crippen molar-refractivity contribution in [2.75, 3.05) is 10.6 Å². The van der Waals surface area contributed by atoms with Crippen molar-refractivity contribution in [1.29, 1.82) is 0 Å². The normalized spacial score (nSPS) is 10.5. The lowest BCUT2D eigenvalue weighted by Gasteiger charge is -2.08. The van der Waals surface area contributed by atoms with Crippen LogP contribution in [0.4, 0.5) is 18.9 Å². The van der Waals surface area contributed by atoms with E-state index in [9.17, 15) is 18.0 Å². The first-order valence-electron chi connectivity index (χ1n) is 6.12. The van der Waals surface area contributed by atoms with Gasteiger partial charge in [0.15, 0.2) is 0 Å². The Hall–Kier alpha value is -1.82. The van der Waals surface area contributed by atoms with Crippen LogP contribution in [-0.2, 0) is 6.42 Å². The molecule has 1 N–H and O–H groups in total. The van der Waals surface area contributed by atoms with Crippen molar-refractivity contribution in [2.45, 2.75) is 6.42 Å². The molecule has 0 atom stereocenters. The lowest BCUT2D eigenvalue weighted by molar-refractivity contribution is 0.101. The molecule has 0 heterocycles. The fraction of sp³-hybridized carbons (Fsp3) is 0.133. The molecule has 110 valence electrons. The minimum atomic E-state index is -1.24. The van der Waals surface area contributed by atoms with Gasteiger partial charge in [-0.2, -0.15) is 0 Å². The van der Waals surface area contributed by atoms with Gasteiger partial charge < -0.3 is 5.32 Å². The van der Waals surface area contributed by atoms with Gasteiger partial charge in [-0.1, -0.05) is 28.1 Å². The predicted octanol–water partition coefficient (Wildman–Crippen LogP) is 4.29. The highest BCUT2D eigenvalue weighted by Crippen LogP contribution is 2.17. The molecule has 0 aliphatic carbocycles. The van der Waals surface area contributed by atoms with Crippen molar-refractivity contribution in [3.63, 3.8) is 0 Å². The number of nitrogens with one attached hydrogen (secondary N) is 1. The summed E-state index contributed by atoms with van der Waals surface area (Å²) in [6.07, 6.45) is 0.829. The number of aryl methyl sites for hydroxylation is 1. The van der Waals surface area contributed by atoms with Crippen LogP contribution >= 0.6 is 15.9 Å². The molecule has 0 radical (unpaired) electrons. The molecule has 0 fully saturated rings. The van der Waals surface area contributed by atoms with Gasteiger partial charge in [0.2, 0.25) is 0 Å². The Labute approximate surface area is 128 Å². The molecule has 2 aromatic carbocycles. The third-order valence-electron chi connectivity index (χ3n) is 2.83. The highest BCUT2D eigenvalue weighted by Gasteiger charge is 2.19. The maximum atomic E-state index is 13.5. The maximum absolute atomic E-state index is 13.5. The summed E-state index contributed by atoms with van der Waals surface area (Å²) in [4.78, 5) is 11.9. The van der Waals surface area contributed by atoms with Crippen molar-refractivity contribution in [1.82, 2.24) is 0 Å². The summed E-state index contributed by atoms with van der Waals surface area (Å²) < 4.78 is 39.8. The van der Waals surface area contributed by atoms with Crippen LogP contribution < -0.4 is 5.32 Å². The predicted molar refractivity (Wildman–Crippen MR) is 78.2 cm³/mol. The number of halogens is 4. The first-order valence-corrected chi connectivity index (χ1v) is 7.24. The second-order valence-electron chi connectivity index (χ2n) is 4.33. The van der Waals surface area contributed by atoms with E-state index in [1.54, 1.807) is 24.3 Å². The Morgan fingerprint density at radius 3 is 2.14 bits per heavy atom. The number of anilines is 1. The van der Waals surface area contributed by atoms with Crippen molar-refractivity contribution < 1.29 is 18.0 Å². The summed E-state index contributed by atoms with van der Waals surface area (Å²) >= 11 is 3.31. The zero-order chi connectivity index (χ0) is 15.4. The molecule has 1 amide bonds. The van der Waals surface area contributed by atoms with Gasteiger partial charge in [0, 0.05) is 23.2 Å². The number of carbonyl (C=O) groups excluding carboxylic acids is 1. The van der Waals surface area contributed by atoms with Crippen molar-refractivity contribution in [3.05, 3.63) is 65.0 Å². The van der Waals surface area contributed by atoms with Crippen LogP contribution in [0, 0.1) is 17.5 Å². The second-order valence-corrected chi connectivity index (χ2v) is 5.13. The van der Waals surface area contributed by atoms with Crippen LogP contribution in [0.3, 0.4) is 0 Å². The van der Waals surface area contributed by atoms with Gasteiger partial charge in [0.25, 0.3) is 5.91 Å². The van der Waals surface area contributed by atoms with E-state index in [4.69, 9.17) is 0 Å². The Balaban J connectivity index is 2.18. The Morgan fingerprint density at radius 2 is 1.62 bits per heavy atom. The van der Waals surface area contributed by atoms with Crippen LogP contribution in [0.2, 0.25) is 0 Å². The van der Waals surface area contributed by atoms with Gasteiger partial charge in [0.1, 0.15) is 23.0 Å². The molecule has 2 nitrogen and oxygen atoms in total. The quantitative estimate of drug-likeness (QED) is 0.812. The maximum Gasteiger partial charge on any atom is 0.261 e. The van der Waals surface area contributed by atoms with E-state index in [1.807, 2.05) is 0 Å². The first-order chi connectivity index (χ1) is 10.0. The van der Waals surface area contributed by atoms with Crippen LogP contribution in [-0.4, -0.2) is 11.2 Å². The van der Waals surface area contributed by atoms with Gasteiger partial charge >= 0.3 is 0 Å². The summed E-state index contributed by atoms with van der Waals surface area (Å²) in [6.45, 7) is 0. The van der Waals surface area contributed by atoms with E-state index >= 15 is 0 Å². The number of hydrogen-bond donors (Lipinski definition) is 1. The molecule has 6 heteroatoms. The Bertz CT molecular complexity index is 635. The largest absolute Gasteiger partial charge is 0.322 e. The summed E-state index contributed by atoms with van der Waals surface area (Å²) in [7, 11) is 0. The molecule has 0 aromatic heterocycles. The number of carbonyl (C=O) groups is 1. The highest BCUT2D eigenvalue weighted by molar-refractivity contribution is 9.09. The highest BCUT2D eigenvalue weighted by atomic mass is 79.9. The summed E-state index contributed by atoms with van der Waals surface area (Å²) in [5, 5.41) is 3.19. The van der Waals surface area contributed by atoms with E-state index in [-0.39, 0.29) is 0 Å². The number of rotatable bonds is 4. The van der Waals surface area contributed by atoms with E-state index in [0.717, 1.165) is 17.3 Å². The fourth-order valence-corrected chi connectivity index (χ4v) is 2.27. The molecule has 2 rings (SSSR count). The zero-order valence-electron chi connectivity index (χ0n) is 10.8. The lowest BCUT2D eigenvalue weighted by Crippen LogP contribution is -2.16. The van der Waals surface area contributed by atoms with Crippen molar-refractivity contribution in [2.24, 2.45) is 0 Å². The molecule has 0 saturated carbocycles. The molecule has 0 saturated heterocycles. The van der Waals surface area contributed by atoms with Gasteiger partial charge in [-0.05, 0) is 24.1 Å². The van der Waals surface area contributed by atoms with Crippen LogP contribution in [0.15, 0.2) is 36.4 Å². The van der Waals surface area contributed by atoms with Crippen LogP contribution in [0.25, 0.3) is 0 Å². The number of benzene rings is 2. The Kier molecular flexibility index (Phi) is 5.01. The van der Waals surface area contributed by atoms with Crippen LogP contribution in [0.5, 0.6) is 0 Å². The minimum absolute atomic E-state index is 0.404. The molecule has 0 aliphatic heterocycles. The average Bonchev–Trinajstić information content (AvgIpc) is 2.40. The fourth-order valence-electron chi connectivity index (χ4n) is 1.82. The number of amides is 1. The van der Waals surface area contributed by atoms with Crippen molar-refractivity contribution in [3.8, 4) is 0 Å². The number of alkyl halides is 1. The number of hydrogen-bond acceptors (Lipinski definition) is 1. The summed E-state index contributed by atoms with van der Waals surface area (Å²) in [6, 6.07) is 7.81. The monoisotopic (exact) mass is 357 g/mol. The van der Waals surface area contributed by atoms with Gasteiger partial charge in [-0.3, -0.25) is 4.79 Å². The molecule has 0 unspecified atom stereocenters. The Morgan fingerprint density at radius 1 is 1.05 bits per heavy atom. The third kappa shape index (κ3) is 3.85. The topological polar surface area (TPSA) is 29.1 Å². The van der Waals surface area contributed by atoms with Crippen molar-refractivity contribution >= 4 is 27.5 Å². The van der Waals surface area contributed by atoms with E-state index in [2.05, 4.69) is 21.2 Å². The molecule has 21 heavy (non-hydrogen) atoms. The van der Waals surface area contributed by atoms with Crippen LogP contribution in [0.1, 0.15) is 15.9 Å². The van der Waals surface area contributed by atoms with Gasteiger partial charge in [0.05, 0.1) is 0 Å². The molecular formula is C15H11BrF3NO. The summed E-state index contributed by atoms with van der Waals surface area (Å²) in [5.74, 6) is -4.50. The summed E-state index contributed by atoms with van der Waals surface area (Å²) in [5.41, 5.74) is 0.659. The molecule has 0 aliphatic rings. The smallest absolute Gasteiger partial charge is 0.261 e. The lowest BCUT2D eigenvalue weighted by atomic mass is 10.1.